The predicted molar refractivity (Wildman–Crippen MR) is 116 cm³/mol. The number of hydrogen-bond acceptors (Lipinski definition) is 2. The van der Waals surface area contributed by atoms with Crippen molar-refractivity contribution in [2.45, 2.75) is 32.6 Å². The maximum absolute atomic E-state index is 3.64. The number of piperidine rings is 1. The van der Waals surface area contributed by atoms with E-state index in [1.54, 1.807) is 0 Å². The summed E-state index contributed by atoms with van der Waals surface area (Å²) < 4.78 is 0. The van der Waals surface area contributed by atoms with Crippen LogP contribution >= 0.6 is 0 Å². The molecule has 1 aromatic heterocycles. The summed E-state index contributed by atoms with van der Waals surface area (Å²) >= 11 is 0. The highest BCUT2D eigenvalue weighted by molar-refractivity contribution is 5.91. The van der Waals surface area contributed by atoms with Crippen molar-refractivity contribution in [1.82, 2.24) is 15.2 Å². The lowest BCUT2D eigenvalue weighted by Crippen LogP contribution is -2.37. The summed E-state index contributed by atoms with van der Waals surface area (Å²) in [5, 5.41) is 4.63. The Kier molecular flexibility index (Phi) is 5.33. The molecule has 0 bridgehead atoms. The van der Waals surface area contributed by atoms with Gasteiger partial charge < -0.3 is 15.2 Å². The van der Waals surface area contributed by atoms with Gasteiger partial charge in [0.25, 0.3) is 0 Å². The molecule has 1 fully saturated rings. The lowest BCUT2D eigenvalue weighted by atomic mass is 9.88. The third-order valence-corrected chi connectivity index (χ3v) is 6.16. The quantitative estimate of drug-likeness (QED) is 0.680. The fourth-order valence-electron chi connectivity index (χ4n) is 4.37. The van der Waals surface area contributed by atoms with Gasteiger partial charge in [-0.3, -0.25) is 0 Å². The zero-order valence-electron chi connectivity index (χ0n) is 16.8. The van der Waals surface area contributed by atoms with Crippen molar-refractivity contribution in [3.63, 3.8) is 0 Å². The van der Waals surface area contributed by atoms with Crippen molar-refractivity contribution in [3.8, 4) is 11.3 Å². The van der Waals surface area contributed by atoms with E-state index < -0.39 is 0 Å². The van der Waals surface area contributed by atoms with E-state index in [2.05, 4.69) is 71.5 Å². The molecule has 1 saturated heterocycles. The molecule has 0 spiro atoms. The van der Waals surface area contributed by atoms with Crippen molar-refractivity contribution in [1.29, 1.82) is 0 Å². The molecule has 0 unspecified atom stereocenters. The van der Waals surface area contributed by atoms with E-state index in [-0.39, 0.29) is 0 Å². The number of nitrogens with one attached hydrogen (secondary N) is 2. The van der Waals surface area contributed by atoms with Crippen LogP contribution in [0.1, 0.15) is 35.4 Å². The summed E-state index contributed by atoms with van der Waals surface area (Å²) in [5.41, 5.74) is 7.95. The molecule has 0 aliphatic carbocycles. The van der Waals surface area contributed by atoms with E-state index in [1.807, 2.05) is 7.05 Å². The zero-order chi connectivity index (χ0) is 18.8. The van der Waals surface area contributed by atoms with Crippen LogP contribution in [0.15, 0.2) is 42.5 Å². The number of fused-ring (bicyclic) bond motifs is 1. The number of likely N-dealkylation sites (N-methyl/N-ethyl adjacent to an activating group) is 1. The third kappa shape index (κ3) is 3.80. The Morgan fingerprint density at radius 2 is 1.78 bits per heavy atom. The molecule has 1 aliphatic heterocycles. The first-order valence-electron chi connectivity index (χ1n) is 10.2. The molecule has 142 valence electrons. The Hall–Kier alpha value is -2.10. The molecule has 2 heterocycles. The number of benzene rings is 2. The summed E-state index contributed by atoms with van der Waals surface area (Å²) in [6.45, 7) is 9.06. The average Bonchev–Trinajstić information content (AvgIpc) is 3.03. The molecular weight excluding hydrogens is 330 g/mol. The molecule has 3 nitrogen and oxygen atoms in total. The lowest BCUT2D eigenvalue weighted by Gasteiger charge is -2.32. The second-order valence-electron chi connectivity index (χ2n) is 8.02. The second kappa shape index (κ2) is 7.87. The molecule has 0 saturated carbocycles. The topological polar surface area (TPSA) is 31.1 Å². The molecule has 3 heteroatoms. The molecule has 2 N–H and O–H groups in total. The SMILES string of the molecule is CNCCN1CCC(c2ccc3[nH]c(-c4ccc(C)cc4)c(C)c3c2)CC1. The number of nitrogens with zero attached hydrogens (tertiary/aromatic N) is 1. The van der Waals surface area contributed by atoms with Gasteiger partial charge in [-0.05, 0) is 81.6 Å². The van der Waals surface area contributed by atoms with Gasteiger partial charge in [0.15, 0.2) is 0 Å². The number of likely N-dealkylation sites (tertiary alicyclic amines) is 1. The van der Waals surface area contributed by atoms with Gasteiger partial charge in [-0.1, -0.05) is 35.9 Å². The third-order valence-electron chi connectivity index (χ3n) is 6.16. The summed E-state index contributed by atoms with van der Waals surface area (Å²) in [6, 6.07) is 15.9. The van der Waals surface area contributed by atoms with E-state index in [9.17, 15) is 0 Å². The van der Waals surface area contributed by atoms with Gasteiger partial charge in [0, 0.05) is 29.7 Å². The van der Waals surface area contributed by atoms with Crippen LogP contribution in [0, 0.1) is 13.8 Å². The first kappa shape index (κ1) is 18.3. The van der Waals surface area contributed by atoms with E-state index >= 15 is 0 Å². The highest BCUT2D eigenvalue weighted by atomic mass is 15.1. The summed E-state index contributed by atoms with van der Waals surface area (Å²) in [7, 11) is 2.03. The second-order valence-corrected chi connectivity index (χ2v) is 8.02. The predicted octanol–water partition coefficient (Wildman–Crippen LogP) is 4.85. The lowest BCUT2D eigenvalue weighted by molar-refractivity contribution is 0.214. The minimum absolute atomic E-state index is 0.692. The van der Waals surface area contributed by atoms with Crippen LogP contribution in [0.2, 0.25) is 0 Å². The van der Waals surface area contributed by atoms with Crippen molar-refractivity contribution < 1.29 is 0 Å². The first-order valence-corrected chi connectivity index (χ1v) is 10.2. The van der Waals surface area contributed by atoms with Gasteiger partial charge in [0.1, 0.15) is 0 Å². The van der Waals surface area contributed by atoms with E-state index in [0.29, 0.717) is 5.92 Å². The standard InChI is InChI=1S/C24H31N3/c1-17-4-6-20(7-5-17)24-18(2)22-16-21(8-9-23(22)26-24)19-10-13-27(14-11-19)15-12-25-3/h4-9,16,19,25-26H,10-15H2,1-3H3. The van der Waals surface area contributed by atoms with Crippen LogP contribution in [0.4, 0.5) is 0 Å². The van der Waals surface area contributed by atoms with Crippen LogP contribution in [0.25, 0.3) is 22.2 Å². The normalized spacial score (nSPS) is 16.3. The van der Waals surface area contributed by atoms with Crippen LogP contribution in [0.5, 0.6) is 0 Å². The molecular formula is C24H31N3. The van der Waals surface area contributed by atoms with Crippen molar-refractivity contribution in [3.05, 3.63) is 59.2 Å². The van der Waals surface area contributed by atoms with Crippen LogP contribution in [-0.4, -0.2) is 43.1 Å². The van der Waals surface area contributed by atoms with Crippen LogP contribution in [-0.2, 0) is 0 Å². The smallest absolute Gasteiger partial charge is 0.0494 e. The number of rotatable bonds is 5. The molecule has 3 aromatic rings. The minimum Gasteiger partial charge on any atom is -0.354 e. The van der Waals surface area contributed by atoms with Crippen LogP contribution < -0.4 is 5.32 Å². The summed E-state index contributed by atoms with van der Waals surface area (Å²) in [4.78, 5) is 6.23. The molecule has 0 amide bonds. The Bertz CT molecular complexity index is 899. The highest BCUT2D eigenvalue weighted by Gasteiger charge is 2.21. The molecule has 27 heavy (non-hydrogen) atoms. The Labute approximate surface area is 162 Å². The summed E-state index contributed by atoms with van der Waals surface area (Å²) in [6.07, 6.45) is 2.53. The molecule has 0 radical (unpaired) electrons. The monoisotopic (exact) mass is 361 g/mol. The maximum Gasteiger partial charge on any atom is 0.0494 e. The number of aromatic nitrogens is 1. The Balaban J connectivity index is 1.56. The van der Waals surface area contributed by atoms with Crippen molar-refractivity contribution in [2.24, 2.45) is 0 Å². The highest BCUT2D eigenvalue weighted by Crippen LogP contribution is 2.34. The fraction of sp³-hybridized carbons (Fsp3) is 0.417. The summed E-state index contributed by atoms with van der Waals surface area (Å²) in [5.74, 6) is 0.692. The van der Waals surface area contributed by atoms with Gasteiger partial charge in [-0.15, -0.1) is 0 Å². The number of aryl methyl sites for hydroxylation is 2. The average molecular weight is 362 g/mol. The molecule has 1 aliphatic rings. The van der Waals surface area contributed by atoms with Crippen LogP contribution in [0.3, 0.4) is 0 Å². The van der Waals surface area contributed by atoms with Crippen molar-refractivity contribution in [2.75, 3.05) is 33.2 Å². The molecule has 2 aromatic carbocycles. The first-order chi connectivity index (χ1) is 13.2. The number of aromatic amines is 1. The van der Waals surface area contributed by atoms with Gasteiger partial charge >= 0.3 is 0 Å². The van der Waals surface area contributed by atoms with Gasteiger partial charge in [-0.2, -0.15) is 0 Å². The number of H-pyrrole nitrogens is 1. The number of hydrogen-bond donors (Lipinski definition) is 2. The largest absolute Gasteiger partial charge is 0.354 e. The Morgan fingerprint density at radius 1 is 1.04 bits per heavy atom. The van der Waals surface area contributed by atoms with Gasteiger partial charge in [0.2, 0.25) is 0 Å². The minimum atomic E-state index is 0.692. The molecule has 4 rings (SSSR count). The van der Waals surface area contributed by atoms with E-state index in [0.717, 1.165) is 6.54 Å². The molecule has 0 atom stereocenters. The zero-order valence-corrected chi connectivity index (χ0v) is 16.8. The van der Waals surface area contributed by atoms with Crippen molar-refractivity contribution >= 4 is 10.9 Å². The fourth-order valence-corrected chi connectivity index (χ4v) is 4.37. The van der Waals surface area contributed by atoms with E-state index in [1.165, 1.54) is 71.3 Å². The van der Waals surface area contributed by atoms with E-state index in [4.69, 9.17) is 0 Å². The van der Waals surface area contributed by atoms with Gasteiger partial charge in [-0.25, -0.2) is 0 Å². The Morgan fingerprint density at radius 3 is 2.48 bits per heavy atom. The van der Waals surface area contributed by atoms with Gasteiger partial charge in [0.05, 0.1) is 0 Å². The maximum atomic E-state index is 3.64.